The molecule has 1 saturated heterocycles. The number of fused-ring (bicyclic) bond motifs is 1. The monoisotopic (exact) mass is 829 g/mol. The maximum absolute atomic E-state index is 15.3. The van der Waals surface area contributed by atoms with Gasteiger partial charge in [-0.1, -0.05) is 42.5 Å². The zero-order chi connectivity index (χ0) is 43.2. The Balaban J connectivity index is 1.10. The molecule has 0 radical (unpaired) electrons. The summed E-state index contributed by atoms with van der Waals surface area (Å²) in [5.74, 6) is -2.46. The minimum Gasteiger partial charge on any atom is -0.477 e. The number of urea groups is 1. The zero-order valence-corrected chi connectivity index (χ0v) is 32.9. The van der Waals surface area contributed by atoms with Crippen LogP contribution in [0.3, 0.4) is 0 Å². The number of carboxylic acid groups (broad SMARTS) is 1. The summed E-state index contributed by atoms with van der Waals surface area (Å²) >= 11 is 0. The minimum absolute atomic E-state index is 0.0246. The van der Waals surface area contributed by atoms with Gasteiger partial charge < -0.3 is 61.7 Å². The van der Waals surface area contributed by atoms with Crippen molar-refractivity contribution in [3.05, 3.63) is 118 Å². The highest BCUT2D eigenvalue weighted by atomic mass is 19.1. The molecular formula is C41H48FN9O9. The van der Waals surface area contributed by atoms with Gasteiger partial charge in [0, 0.05) is 68.4 Å². The van der Waals surface area contributed by atoms with Crippen molar-refractivity contribution in [1.82, 2.24) is 25.4 Å². The number of hydrogen-bond acceptors (Lipinski definition) is 11. The highest BCUT2D eigenvalue weighted by molar-refractivity contribution is 5.95. The number of nitrogens with two attached hydrogens (primary N) is 2. The van der Waals surface area contributed by atoms with E-state index in [2.05, 4.69) is 21.3 Å². The quantitative estimate of drug-likeness (QED) is 0.0757. The van der Waals surface area contributed by atoms with Crippen LogP contribution in [0, 0.1) is 5.82 Å². The van der Waals surface area contributed by atoms with Crippen LogP contribution in [0.1, 0.15) is 41.3 Å². The van der Waals surface area contributed by atoms with E-state index in [0.29, 0.717) is 36.2 Å². The van der Waals surface area contributed by atoms with Crippen LogP contribution >= 0.6 is 0 Å². The second-order valence-electron chi connectivity index (χ2n) is 13.8. The fourth-order valence-electron chi connectivity index (χ4n) is 6.35. The summed E-state index contributed by atoms with van der Waals surface area (Å²) in [5.41, 5.74) is 12.8. The van der Waals surface area contributed by atoms with E-state index in [0.717, 1.165) is 11.6 Å². The summed E-state index contributed by atoms with van der Waals surface area (Å²) in [6.45, 7) is 3.45. The molecule has 9 N–H and O–H groups in total. The van der Waals surface area contributed by atoms with E-state index in [1.807, 2.05) is 30.3 Å². The first-order valence-corrected chi connectivity index (χ1v) is 19.2. The number of aryl methyl sites for hydroxylation is 1. The highest BCUT2D eigenvalue weighted by Crippen LogP contribution is 2.27. The average Bonchev–Trinajstić information content (AvgIpc) is 3.24. The fourth-order valence-corrected chi connectivity index (χ4v) is 6.35. The number of amides is 5. The number of hydrogen-bond donors (Lipinski definition) is 7. The predicted molar refractivity (Wildman–Crippen MR) is 220 cm³/mol. The molecule has 0 aliphatic carbocycles. The van der Waals surface area contributed by atoms with Gasteiger partial charge in [0.05, 0.1) is 17.7 Å². The van der Waals surface area contributed by atoms with Crippen molar-refractivity contribution >= 4 is 52.4 Å². The Hall–Kier alpha value is -7.31. The standard InChI is InChI=1S/C41H48FN9O9/c1-2-49-23-31(38(54)55)36(52)30-19-32(42)35(20-34(30)49)50-15-17-51(18-16-50)41(58)60-25-27-10-12-29(13-11-27)48-37(53)33(9-6-14-45-39(44)56)46-21-28(43)22-47-40(57)59-24-26-7-4-3-5-8-26/h3-5,7-8,10-13,19-21,23,33,46H,2,6,9,14-18,22,24-25,43H2,1H3,(H,47,57)(H,48,53)(H,54,55)(H3,44,45,56)/b28-21-/t33-/m0/s1. The number of nitrogens with one attached hydrogen (secondary N) is 4. The van der Waals surface area contributed by atoms with Gasteiger partial charge in [0.25, 0.3) is 0 Å². The topological polar surface area (TPSA) is 253 Å². The van der Waals surface area contributed by atoms with E-state index in [4.69, 9.17) is 20.9 Å². The lowest BCUT2D eigenvalue weighted by atomic mass is 10.1. The maximum Gasteiger partial charge on any atom is 0.410 e. The summed E-state index contributed by atoms with van der Waals surface area (Å²) in [5, 5.41) is 20.2. The van der Waals surface area contributed by atoms with Gasteiger partial charge in [-0.05, 0) is 55.2 Å². The normalized spacial score (nSPS) is 13.3. The SMILES string of the molecule is CCn1cc(C(=O)O)c(=O)c2cc(F)c(N3CCN(C(=O)OCc4ccc(NC(=O)[C@H](CCCNC(N)=O)N/C=C(\N)CNC(=O)OCc5ccccc5)cc4)CC3)cc21. The second-order valence-corrected chi connectivity index (χ2v) is 13.8. The number of aromatic nitrogens is 1. The molecular weight excluding hydrogens is 782 g/mol. The molecule has 0 spiro atoms. The number of halogens is 1. The molecule has 19 heteroatoms. The summed E-state index contributed by atoms with van der Waals surface area (Å²) in [6.07, 6.45) is 2.14. The van der Waals surface area contributed by atoms with Gasteiger partial charge in [-0.15, -0.1) is 0 Å². The Morgan fingerprint density at radius 2 is 1.60 bits per heavy atom. The molecule has 3 aromatic carbocycles. The van der Waals surface area contributed by atoms with Gasteiger partial charge >= 0.3 is 24.2 Å². The Labute approximate surface area is 344 Å². The molecule has 2 heterocycles. The number of nitrogens with zero attached hydrogens (tertiary/aromatic N) is 3. The number of alkyl carbamates (subject to hydrolysis) is 1. The first-order chi connectivity index (χ1) is 28.8. The van der Waals surface area contributed by atoms with Crippen molar-refractivity contribution in [3.8, 4) is 0 Å². The smallest absolute Gasteiger partial charge is 0.410 e. The van der Waals surface area contributed by atoms with Crippen LogP contribution in [0.5, 0.6) is 0 Å². The van der Waals surface area contributed by atoms with Crippen molar-refractivity contribution < 1.29 is 42.9 Å². The van der Waals surface area contributed by atoms with Crippen LogP contribution in [-0.4, -0.2) is 90.0 Å². The molecule has 1 aliphatic heterocycles. The average molecular weight is 830 g/mol. The largest absolute Gasteiger partial charge is 0.477 e. The van der Waals surface area contributed by atoms with Crippen molar-refractivity contribution in [2.24, 2.45) is 11.5 Å². The van der Waals surface area contributed by atoms with E-state index in [9.17, 15) is 33.9 Å². The number of carbonyl (C=O) groups is 5. The molecule has 1 atom stereocenters. The molecule has 1 aliphatic rings. The zero-order valence-electron chi connectivity index (χ0n) is 32.9. The van der Waals surface area contributed by atoms with Crippen LogP contribution in [0.2, 0.25) is 0 Å². The summed E-state index contributed by atoms with van der Waals surface area (Å²) in [4.78, 5) is 77.0. The van der Waals surface area contributed by atoms with Gasteiger partial charge in [0.2, 0.25) is 11.3 Å². The lowest BCUT2D eigenvalue weighted by Gasteiger charge is -2.35. The molecule has 18 nitrogen and oxygen atoms in total. The number of primary amides is 1. The number of benzene rings is 3. The van der Waals surface area contributed by atoms with Crippen LogP contribution < -0.4 is 43.1 Å². The van der Waals surface area contributed by atoms with Gasteiger partial charge in [-0.2, -0.15) is 0 Å². The van der Waals surface area contributed by atoms with E-state index >= 15 is 4.39 Å². The molecule has 0 saturated carbocycles. The lowest BCUT2D eigenvalue weighted by molar-refractivity contribution is -0.118. The third-order valence-electron chi connectivity index (χ3n) is 9.59. The molecule has 1 fully saturated rings. The van der Waals surface area contributed by atoms with E-state index in [1.54, 1.807) is 40.7 Å². The molecule has 5 rings (SSSR count). The van der Waals surface area contributed by atoms with Gasteiger partial charge in [0.15, 0.2) is 0 Å². The van der Waals surface area contributed by atoms with E-state index in [-0.39, 0.29) is 69.3 Å². The first-order valence-electron chi connectivity index (χ1n) is 19.2. The Morgan fingerprint density at radius 3 is 2.27 bits per heavy atom. The van der Waals surface area contributed by atoms with Crippen LogP contribution in [0.4, 0.5) is 30.1 Å². The van der Waals surface area contributed by atoms with Crippen LogP contribution in [0.25, 0.3) is 10.9 Å². The van der Waals surface area contributed by atoms with Crippen molar-refractivity contribution in [2.75, 3.05) is 49.5 Å². The number of carbonyl (C=O) groups excluding carboxylic acids is 4. The van der Waals surface area contributed by atoms with E-state index in [1.165, 1.54) is 23.4 Å². The number of piperazine rings is 1. The number of rotatable bonds is 17. The van der Waals surface area contributed by atoms with Crippen molar-refractivity contribution in [2.45, 2.75) is 45.6 Å². The molecule has 0 unspecified atom stereocenters. The third-order valence-corrected chi connectivity index (χ3v) is 9.59. The Kier molecular flexibility index (Phi) is 15.3. The van der Waals surface area contributed by atoms with Crippen molar-refractivity contribution in [3.63, 3.8) is 0 Å². The second kappa shape index (κ2) is 20.9. The van der Waals surface area contributed by atoms with E-state index < -0.39 is 52.9 Å². The summed E-state index contributed by atoms with van der Waals surface area (Å²) in [7, 11) is 0. The van der Waals surface area contributed by atoms with Gasteiger partial charge in [-0.25, -0.2) is 23.6 Å². The molecule has 318 valence electrons. The Morgan fingerprint density at radius 1 is 0.917 bits per heavy atom. The van der Waals surface area contributed by atoms with Crippen molar-refractivity contribution in [1.29, 1.82) is 0 Å². The van der Waals surface area contributed by atoms with Gasteiger partial charge in [-0.3, -0.25) is 9.59 Å². The van der Waals surface area contributed by atoms with Gasteiger partial charge in [0.1, 0.15) is 30.6 Å². The number of ether oxygens (including phenoxy) is 2. The molecule has 5 amide bonds. The lowest BCUT2D eigenvalue weighted by Crippen LogP contribution is -2.49. The number of anilines is 2. The fraction of sp³-hybridized carbons (Fsp3) is 0.317. The number of carboxylic acids is 1. The minimum atomic E-state index is -1.38. The number of pyridine rings is 1. The highest BCUT2D eigenvalue weighted by Gasteiger charge is 2.26. The molecule has 60 heavy (non-hydrogen) atoms. The van der Waals surface area contributed by atoms with Crippen LogP contribution in [-0.2, 0) is 34.0 Å². The number of aromatic carboxylic acids is 1. The summed E-state index contributed by atoms with van der Waals surface area (Å²) in [6, 6.07) is 17.0. The molecule has 0 bridgehead atoms. The predicted octanol–water partition coefficient (Wildman–Crippen LogP) is 3.39. The summed E-state index contributed by atoms with van der Waals surface area (Å²) < 4.78 is 27.6. The third kappa shape index (κ3) is 12.1. The first kappa shape index (κ1) is 43.8. The maximum atomic E-state index is 15.3. The molecule has 1 aromatic heterocycles. The Bertz CT molecular complexity index is 2260. The molecule has 4 aromatic rings. The van der Waals surface area contributed by atoms with Crippen LogP contribution in [0.15, 0.2) is 89.6 Å².